The fraction of sp³-hybridized carbons (Fsp3) is 0.200. The van der Waals surface area contributed by atoms with Gasteiger partial charge in [-0.05, 0) is 64.8 Å². The molecule has 0 saturated carbocycles. The molecule has 0 saturated heterocycles. The van der Waals surface area contributed by atoms with E-state index >= 15 is 0 Å². The monoisotopic (exact) mass is 583 g/mol. The zero-order valence-electron chi connectivity index (χ0n) is 19.0. The zero-order chi connectivity index (χ0) is 26.1. The lowest BCUT2D eigenvalue weighted by atomic mass is 10.2. The Morgan fingerprint density at radius 1 is 1.11 bits per heavy atom. The smallest absolute Gasteiger partial charge is 0.416 e. The van der Waals surface area contributed by atoms with Gasteiger partial charge in [0.2, 0.25) is 0 Å². The van der Waals surface area contributed by atoms with Gasteiger partial charge in [0.1, 0.15) is 6.61 Å². The Hall–Kier alpha value is -3.24. The number of hydrazone groups is 1. The van der Waals surface area contributed by atoms with Crippen molar-refractivity contribution < 1.29 is 27.4 Å². The van der Waals surface area contributed by atoms with Crippen LogP contribution in [0.4, 0.5) is 18.9 Å². The molecule has 3 rings (SSSR count). The molecule has 0 aliphatic carbocycles. The van der Waals surface area contributed by atoms with Crippen LogP contribution in [0.3, 0.4) is 0 Å². The predicted octanol–water partition coefficient (Wildman–Crippen LogP) is 6.66. The Bertz CT molecular complexity index is 1240. The first-order chi connectivity index (χ1) is 17.2. The molecule has 0 spiro atoms. The maximum atomic E-state index is 12.8. The van der Waals surface area contributed by atoms with Gasteiger partial charge in [0.05, 0.1) is 29.4 Å². The molecule has 1 amide bonds. The Morgan fingerprint density at radius 3 is 2.61 bits per heavy atom. The molecule has 0 atom stereocenters. The number of ether oxygens (including phenoxy) is 2. The third-order valence-electron chi connectivity index (χ3n) is 4.71. The van der Waals surface area contributed by atoms with Crippen molar-refractivity contribution in [2.45, 2.75) is 19.7 Å². The molecule has 36 heavy (non-hydrogen) atoms. The number of anilines is 1. The van der Waals surface area contributed by atoms with Crippen molar-refractivity contribution in [3.05, 3.63) is 86.8 Å². The first kappa shape index (κ1) is 27.3. The summed E-state index contributed by atoms with van der Waals surface area (Å²) in [6.45, 7) is 2.21. The maximum absolute atomic E-state index is 12.8. The molecule has 3 aromatic carbocycles. The quantitative estimate of drug-likeness (QED) is 0.207. The van der Waals surface area contributed by atoms with Gasteiger partial charge in [-0.25, -0.2) is 5.43 Å². The minimum absolute atomic E-state index is 0.168. The number of carbonyl (C=O) groups is 1. The fourth-order valence-corrected chi connectivity index (χ4v) is 3.80. The third-order valence-corrected chi connectivity index (χ3v) is 5.67. The Balaban J connectivity index is 1.61. The molecule has 0 radical (unpaired) electrons. The number of benzene rings is 3. The lowest BCUT2D eigenvalue weighted by Crippen LogP contribution is -2.26. The van der Waals surface area contributed by atoms with E-state index in [0.29, 0.717) is 33.2 Å². The SMILES string of the molecule is CCOc1cc(/C=N\NC(=O)CNc2cccc(C(F)(F)F)c2)cc(Br)c1OCc1ccccc1Cl. The molecule has 0 fully saturated rings. The van der Waals surface area contributed by atoms with Crippen LogP contribution in [0.15, 0.2) is 70.2 Å². The van der Waals surface area contributed by atoms with Crippen molar-refractivity contribution in [2.24, 2.45) is 5.10 Å². The Morgan fingerprint density at radius 2 is 1.89 bits per heavy atom. The van der Waals surface area contributed by atoms with Crippen LogP contribution in [-0.2, 0) is 17.6 Å². The lowest BCUT2D eigenvalue weighted by Gasteiger charge is -2.15. The van der Waals surface area contributed by atoms with E-state index in [9.17, 15) is 18.0 Å². The molecule has 2 N–H and O–H groups in total. The Kier molecular flexibility index (Phi) is 9.60. The molecule has 190 valence electrons. The lowest BCUT2D eigenvalue weighted by molar-refractivity contribution is -0.137. The highest BCUT2D eigenvalue weighted by Gasteiger charge is 2.30. The van der Waals surface area contributed by atoms with Gasteiger partial charge in [0.25, 0.3) is 5.91 Å². The summed E-state index contributed by atoms with van der Waals surface area (Å²) in [5, 5.41) is 7.14. The minimum Gasteiger partial charge on any atom is -0.490 e. The van der Waals surface area contributed by atoms with Crippen molar-refractivity contribution in [3.63, 3.8) is 0 Å². The first-order valence-corrected chi connectivity index (χ1v) is 11.9. The molecule has 0 unspecified atom stereocenters. The van der Waals surface area contributed by atoms with Crippen LogP contribution < -0.4 is 20.2 Å². The summed E-state index contributed by atoms with van der Waals surface area (Å²) < 4.78 is 50.7. The second kappa shape index (κ2) is 12.6. The molecule has 0 heterocycles. The van der Waals surface area contributed by atoms with Crippen LogP contribution in [0, 0.1) is 0 Å². The van der Waals surface area contributed by atoms with Gasteiger partial charge in [0, 0.05) is 16.3 Å². The highest BCUT2D eigenvalue weighted by Crippen LogP contribution is 2.37. The summed E-state index contributed by atoms with van der Waals surface area (Å²) in [7, 11) is 0. The number of nitrogens with zero attached hydrogens (tertiary/aromatic N) is 1. The summed E-state index contributed by atoms with van der Waals surface area (Å²) in [5.74, 6) is 0.425. The van der Waals surface area contributed by atoms with E-state index in [4.69, 9.17) is 21.1 Å². The van der Waals surface area contributed by atoms with Crippen molar-refractivity contribution in [2.75, 3.05) is 18.5 Å². The topological polar surface area (TPSA) is 72.0 Å². The van der Waals surface area contributed by atoms with E-state index in [1.807, 2.05) is 25.1 Å². The number of hydrogen-bond acceptors (Lipinski definition) is 5. The molecule has 3 aromatic rings. The standard InChI is InChI=1S/C25H22BrClF3N3O3/c1-2-35-22-11-16(10-20(26)24(22)36-15-17-6-3-4-9-21(17)27)13-32-33-23(34)14-31-19-8-5-7-18(12-19)25(28,29)30/h3-13,31H,2,14-15H2,1H3,(H,33,34)/b32-13-. The largest absolute Gasteiger partial charge is 0.490 e. The van der Waals surface area contributed by atoms with Gasteiger partial charge in [-0.15, -0.1) is 0 Å². The van der Waals surface area contributed by atoms with E-state index in [2.05, 4.69) is 31.8 Å². The number of hydrogen-bond donors (Lipinski definition) is 2. The minimum atomic E-state index is -4.46. The Labute approximate surface area is 219 Å². The summed E-state index contributed by atoms with van der Waals surface area (Å²) in [6.07, 6.45) is -3.05. The number of alkyl halides is 3. The van der Waals surface area contributed by atoms with Gasteiger partial charge in [-0.2, -0.15) is 18.3 Å². The number of nitrogens with one attached hydrogen (secondary N) is 2. The van der Waals surface area contributed by atoms with Crippen LogP contribution in [-0.4, -0.2) is 25.3 Å². The molecule has 0 bridgehead atoms. The van der Waals surface area contributed by atoms with Gasteiger partial charge < -0.3 is 14.8 Å². The van der Waals surface area contributed by atoms with Crippen LogP contribution in [0.1, 0.15) is 23.6 Å². The molecular weight excluding hydrogens is 563 g/mol. The van der Waals surface area contributed by atoms with Crippen LogP contribution in [0.2, 0.25) is 5.02 Å². The van der Waals surface area contributed by atoms with E-state index in [1.54, 1.807) is 18.2 Å². The van der Waals surface area contributed by atoms with E-state index in [-0.39, 0.29) is 18.8 Å². The van der Waals surface area contributed by atoms with Crippen molar-refractivity contribution in [1.82, 2.24) is 5.43 Å². The van der Waals surface area contributed by atoms with Crippen LogP contribution in [0.25, 0.3) is 0 Å². The fourth-order valence-electron chi connectivity index (χ4n) is 3.04. The van der Waals surface area contributed by atoms with Crippen molar-refractivity contribution in [3.8, 4) is 11.5 Å². The highest BCUT2D eigenvalue weighted by molar-refractivity contribution is 9.10. The molecular formula is C25H22BrClF3N3O3. The van der Waals surface area contributed by atoms with Crippen molar-refractivity contribution >= 4 is 45.3 Å². The number of amides is 1. The third kappa shape index (κ3) is 7.89. The van der Waals surface area contributed by atoms with Crippen molar-refractivity contribution in [1.29, 1.82) is 0 Å². The predicted molar refractivity (Wildman–Crippen MR) is 137 cm³/mol. The summed E-state index contributed by atoms with van der Waals surface area (Å²) >= 11 is 9.67. The molecule has 0 aliphatic rings. The average molecular weight is 585 g/mol. The summed E-state index contributed by atoms with van der Waals surface area (Å²) in [4.78, 5) is 12.1. The zero-order valence-corrected chi connectivity index (χ0v) is 21.4. The molecule has 0 aliphatic heterocycles. The van der Waals surface area contributed by atoms with E-state index < -0.39 is 17.6 Å². The number of carbonyl (C=O) groups excluding carboxylic acids is 1. The van der Waals surface area contributed by atoms with Crippen LogP contribution in [0.5, 0.6) is 11.5 Å². The normalized spacial score (nSPS) is 11.4. The number of rotatable bonds is 10. The summed E-state index contributed by atoms with van der Waals surface area (Å²) in [6, 6.07) is 15.4. The second-order valence-corrected chi connectivity index (χ2v) is 8.63. The van der Waals surface area contributed by atoms with Gasteiger partial charge in [0.15, 0.2) is 11.5 Å². The average Bonchev–Trinajstić information content (AvgIpc) is 2.83. The van der Waals surface area contributed by atoms with Gasteiger partial charge >= 0.3 is 6.18 Å². The van der Waals surface area contributed by atoms with E-state index in [0.717, 1.165) is 17.7 Å². The second-order valence-electron chi connectivity index (χ2n) is 7.37. The number of halogens is 5. The molecule has 6 nitrogen and oxygen atoms in total. The molecule has 11 heteroatoms. The van der Waals surface area contributed by atoms with Gasteiger partial charge in [-0.3, -0.25) is 4.79 Å². The van der Waals surface area contributed by atoms with E-state index in [1.165, 1.54) is 18.3 Å². The first-order valence-electron chi connectivity index (χ1n) is 10.7. The highest BCUT2D eigenvalue weighted by atomic mass is 79.9. The molecule has 0 aromatic heterocycles. The maximum Gasteiger partial charge on any atom is 0.416 e. The van der Waals surface area contributed by atoms with Crippen LogP contribution >= 0.6 is 27.5 Å². The summed E-state index contributed by atoms with van der Waals surface area (Å²) in [5.41, 5.74) is 3.12. The van der Waals surface area contributed by atoms with Gasteiger partial charge in [-0.1, -0.05) is 35.9 Å².